The average Bonchev–Trinajstić information content (AvgIpc) is 2.28. The number of hydrogen-bond acceptors (Lipinski definition) is 2. The van der Waals surface area contributed by atoms with Crippen LogP contribution in [-0.4, -0.2) is 30.1 Å². The first-order valence-electron chi connectivity index (χ1n) is 6.01. The molecule has 1 aromatic carbocycles. The smallest absolute Gasteiger partial charge is 0.0916 e. The van der Waals surface area contributed by atoms with Crippen LogP contribution in [0.25, 0.3) is 0 Å². The summed E-state index contributed by atoms with van der Waals surface area (Å²) >= 11 is 0. The second-order valence-electron chi connectivity index (χ2n) is 4.69. The number of nitrogens with zero attached hydrogens (tertiary/aromatic N) is 1. The summed E-state index contributed by atoms with van der Waals surface area (Å²) in [6.07, 6.45) is -0.383. The van der Waals surface area contributed by atoms with Crippen molar-refractivity contribution in [2.75, 3.05) is 20.1 Å². The maximum atomic E-state index is 10.0. The van der Waals surface area contributed by atoms with E-state index in [0.29, 0.717) is 12.5 Å². The fourth-order valence-corrected chi connectivity index (χ4v) is 1.63. The molecule has 0 saturated heterocycles. The summed E-state index contributed by atoms with van der Waals surface area (Å²) < 4.78 is 0. The van der Waals surface area contributed by atoms with Gasteiger partial charge in [0.1, 0.15) is 0 Å². The number of likely N-dealkylation sites (N-methyl/N-ethyl adjacent to an activating group) is 1. The fraction of sp³-hybridized carbons (Fsp3) is 0.571. The van der Waals surface area contributed by atoms with Crippen LogP contribution in [0.2, 0.25) is 0 Å². The monoisotopic (exact) mass is 221 g/mol. The summed E-state index contributed by atoms with van der Waals surface area (Å²) in [6.45, 7) is 8.10. The quantitative estimate of drug-likeness (QED) is 0.826. The van der Waals surface area contributed by atoms with Crippen LogP contribution < -0.4 is 0 Å². The number of aliphatic hydroxyl groups excluding tert-OH is 1. The molecule has 0 aliphatic heterocycles. The molecule has 1 rings (SSSR count). The molecule has 0 amide bonds. The third-order valence-corrected chi connectivity index (χ3v) is 3.01. The molecule has 0 fully saturated rings. The lowest BCUT2D eigenvalue weighted by atomic mass is 10.00. The molecule has 90 valence electrons. The summed E-state index contributed by atoms with van der Waals surface area (Å²) in [4.78, 5) is 2.11. The molecule has 1 unspecified atom stereocenters. The van der Waals surface area contributed by atoms with Gasteiger partial charge < -0.3 is 10.0 Å². The van der Waals surface area contributed by atoms with Crippen LogP contribution >= 0.6 is 0 Å². The zero-order valence-electron chi connectivity index (χ0n) is 10.8. The Labute approximate surface area is 98.9 Å². The first-order chi connectivity index (χ1) is 7.54. The van der Waals surface area contributed by atoms with Crippen molar-refractivity contribution in [2.24, 2.45) is 0 Å². The average molecular weight is 221 g/mol. The molecule has 1 aromatic rings. The van der Waals surface area contributed by atoms with Gasteiger partial charge in [-0.25, -0.2) is 0 Å². The normalized spacial score (nSPS) is 13.4. The summed E-state index contributed by atoms with van der Waals surface area (Å²) in [6, 6.07) is 8.28. The van der Waals surface area contributed by atoms with E-state index < -0.39 is 0 Å². The van der Waals surface area contributed by atoms with E-state index in [1.807, 2.05) is 19.2 Å². The predicted octanol–water partition coefficient (Wildman–Crippen LogP) is 2.80. The molecule has 0 heterocycles. The minimum Gasteiger partial charge on any atom is -0.387 e. The third kappa shape index (κ3) is 3.62. The first kappa shape index (κ1) is 13.2. The van der Waals surface area contributed by atoms with E-state index in [2.05, 4.69) is 37.8 Å². The summed E-state index contributed by atoms with van der Waals surface area (Å²) in [5.74, 6) is 0.546. The highest BCUT2D eigenvalue weighted by molar-refractivity contribution is 5.26. The Morgan fingerprint density at radius 2 is 1.62 bits per heavy atom. The van der Waals surface area contributed by atoms with Crippen LogP contribution in [0.4, 0.5) is 0 Å². The molecule has 1 N–H and O–H groups in total. The molecule has 2 nitrogen and oxygen atoms in total. The Morgan fingerprint density at radius 3 is 2.06 bits per heavy atom. The lowest BCUT2D eigenvalue weighted by Crippen LogP contribution is -2.24. The van der Waals surface area contributed by atoms with E-state index in [4.69, 9.17) is 0 Å². The molecule has 0 bridgehead atoms. The zero-order chi connectivity index (χ0) is 12.1. The Hall–Kier alpha value is -0.860. The standard InChI is InChI=1S/C14H23NO/c1-5-15(4)10-14(16)13-8-6-12(7-9-13)11(2)3/h6-9,11,14,16H,5,10H2,1-4H3. The minimum atomic E-state index is -0.383. The topological polar surface area (TPSA) is 23.5 Å². The minimum absolute atomic E-state index is 0.383. The number of benzene rings is 1. The number of rotatable bonds is 5. The molecular formula is C14H23NO. The first-order valence-corrected chi connectivity index (χ1v) is 6.01. The van der Waals surface area contributed by atoms with Crippen molar-refractivity contribution in [3.8, 4) is 0 Å². The van der Waals surface area contributed by atoms with Crippen molar-refractivity contribution in [2.45, 2.75) is 32.8 Å². The number of aliphatic hydroxyl groups is 1. The van der Waals surface area contributed by atoms with Gasteiger partial charge in [-0.2, -0.15) is 0 Å². The van der Waals surface area contributed by atoms with E-state index in [9.17, 15) is 5.11 Å². The SMILES string of the molecule is CCN(C)CC(O)c1ccc(C(C)C)cc1. The molecule has 0 aliphatic rings. The van der Waals surface area contributed by atoms with Crippen LogP contribution in [0, 0.1) is 0 Å². The maximum Gasteiger partial charge on any atom is 0.0916 e. The highest BCUT2D eigenvalue weighted by Crippen LogP contribution is 2.19. The zero-order valence-corrected chi connectivity index (χ0v) is 10.8. The second kappa shape index (κ2) is 6.02. The summed E-state index contributed by atoms with van der Waals surface area (Å²) in [5.41, 5.74) is 2.32. The molecular weight excluding hydrogens is 198 g/mol. The Kier molecular flexibility index (Phi) is 4.97. The number of hydrogen-bond donors (Lipinski definition) is 1. The van der Waals surface area contributed by atoms with Crippen LogP contribution in [0.3, 0.4) is 0 Å². The predicted molar refractivity (Wildman–Crippen MR) is 68.7 cm³/mol. The molecule has 0 saturated carbocycles. The lowest BCUT2D eigenvalue weighted by molar-refractivity contribution is 0.129. The van der Waals surface area contributed by atoms with Crippen molar-refractivity contribution < 1.29 is 5.11 Å². The van der Waals surface area contributed by atoms with Gasteiger partial charge in [0.05, 0.1) is 6.10 Å². The summed E-state index contributed by atoms with van der Waals surface area (Å²) in [7, 11) is 2.02. The van der Waals surface area contributed by atoms with E-state index in [-0.39, 0.29) is 6.10 Å². The lowest BCUT2D eigenvalue weighted by Gasteiger charge is -2.19. The van der Waals surface area contributed by atoms with Crippen molar-refractivity contribution in [1.29, 1.82) is 0 Å². The fourth-order valence-electron chi connectivity index (χ4n) is 1.63. The van der Waals surface area contributed by atoms with Crippen molar-refractivity contribution in [1.82, 2.24) is 4.90 Å². The van der Waals surface area contributed by atoms with Crippen LogP contribution in [-0.2, 0) is 0 Å². The van der Waals surface area contributed by atoms with Crippen LogP contribution in [0.5, 0.6) is 0 Å². The van der Waals surface area contributed by atoms with Gasteiger partial charge >= 0.3 is 0 Å². The highest BCUT2D eigenvalue weighted by Gasteiger charge is 2.09. The Morgan fingerprint density at radius 1 is 1.12 bits per heavy atom. The largest absolute Gasteiger partial charge is 0.387 e. The highest BCUT2D eigenvalue weighted by atomic mass is 16.3. The van der Waals surface area contributed by atoms with E-state index in [1.165, 1.54) is 5.56 Å². The van der Waals surface area contributed by atoms with Gasteiger partial charge in [-0.3, -0.25) is 0 Å². The molecule has 0 aromatic heterocycles. The van der Waals surface area contributed by atoms with Gasteiger partial charge in [0.15, 0.2) is 0 Å². The Bertz CT molecular complexity index is 305. The molecule has 16 heavy (non-hydrogen) atoms. The third-order valence-electron chi connectivity index (χ3n) is 3.01. The Balaban J connectivity index is 2.66. The summed E-state index contributed by atoms with van der Waals surface area (Å²) in [5, 5.41) is 10.0. The van der Waals surface area contributed by atoms with E-state index in [0.717, 1.165) is 12.1 Å². The molecule has 0 spiro atoms. The second-order valence-corrected chi connectivity index (χ2v) is 4.69. The van der Waals surface area contributed by atoms with Gasteiger partial charge in [-0.1, -0.05) is 45.0 Å². The van der Waals surface area contributed by atoms with Crippen molar-refractivity contribution in [3.05, 3.63) is 35.4 Å². The van der Waals surface area contributed by atoms with Gasteiger partial charge in [-0.15, -0.1) is 0 Å². The molecule has 2 heteroatoms. The molecule has 0 aliphatic carbocycles. The van der Waals surface area contributed by atoms with E-state index >= 15 is 0 Å². The molecule has 1 atom stereocenters. The van der Waals surface area contributed by atoms with Gasteiger partial charge in [0.25, 0.3) is 0 Å². The van der Waals surface area contributed by atoms with Gasteiger partial charge in [0, 0.05) is 6.54 Å². The van der Waals surface area contributed by atoms with Crippen LogP contribution in [0.1, 0.15) is 43.9 Å². The maximum absolute atomic E-state index is 10.0. The van der Waals surface area contributed by atoms with Crippen molar-refractivity contribution in [3.63, 3.8) is 0 Å². The van der Waals surface area contributed by atoms with Gasteiger partial charge in [0.2, 0.25) is 0 Å². The van der Waals surface area contributed by atoms with Gasteiger partial charge in [-0.05, 0) is 30.6 Å². The van der Waals surface area contributed by atoms with E-state index in [1.54, 1.807) is 0 Å². The van der Waals surface area contributed by atoms with Crippen LogP contribution in [0.15, 0.2) is 24.3 Å². The van der Waals surface area contributed by atoms with Crippen molar-refractivity contribution >= 4 is 0 Å². The molecule has 0 radical (unpaired) electrons.